The van der Waals surface area contributed by atoms with Crippen molar-refractivity contribution in [1.29, 1.82) is 0 Å². The lowest BCUT2D eigenvalue weighted by Gasteiger charge is -2.23. The third-order valence-electron chi connectivity index (χ3n) is 1.94. The summed E-state index contributed by atoms with van der Waals surface area (Å²) in [5, 5.41) is -11.1. The fourth-order valence-electron chi connectivity index (χ4n) is 1.12. The first kappa shape index (κ1) is 22.3. The molecule has 140 valence electrons. The van der Waals surface area contributed by atoms with Crippen LogP contribution in [-0.2, 0) is 23.9 Å². The van der Waals surface area contributed by atoms with Crippen LogP contribution in [0.2, 0.25) is 0 Å². The fourth-order valence-corrected chi connectivity index (χ4v) is 3.72. The zero-order valence-electron chi connectivity index (χ0n) is 11.3. The minimum atomic E-state index is -6.82. The highest BCUT2D eigenvalue weighted by Crippen LogP contribution is 2.40. The molecule has 0 aromatic heterocycles. The molecule has 15 heteroatoms. The molecule has 0 radical (unpaired) electrons. The monoisotopic (exact) mass is 402 g/mol. The Labute approximate surface area is 125 Å². The predicted molar refractivity (Wildman–Crippen MR) is 59.3 cm³/mol. The van der Waals surface area contributed by atoms with Crippen LogP contribution in [-0.4, -0.2) is 39.2 Å². The van der Waals surface area contributed by atoms with E-state index in [1.807, 2.05) is 0 Å². The second kappa shape index (κ2) is 5.98. The first-order chi connectivity index (χ1) is 9.62. The van der Waals surface area contributed by atoms with Gasteiger partial charge >= 0.3 is 30.7 Å². The number of hydrogen-bond acceptors (Lipinski definition) is 5. The van der Waals surface area contributed by atoms with E-state index in [0.29, 0.717) is 0 Å². The molecular weight excluding hydrogens is 392 g/mol. The van der Waals surface area contributed by atoms with Crippen molar-refractivity contribution in [3.05, 3.63) is 0 Å². The first-order valence-corrected chi connectivity index (χ1v) is 8.15. The van der Waals surface area contributed by atoms with Crippen molar-refractivity contribution in [3.8, 4) is 0 Å². The van der Waals surface area contributed by atoms with Gasteiger partial charge in [-0.3, -0.25) is 0 Å². The molecule has 0 amide bonds. The van der Waals surface area contributed by atoms with Crippen LogP contribution in [0.3, 0.4) is 0 Å². The van der Waals surface area contributed by atoms with Crippen LogP contribution >= 0.6 is 0 Å². The van der Waals surface area contributed by atoms with Gasteiger partial charge in [0.1, 0.15) is 0 Å². The van der Waals surface area contributed by atoms with E-state index in [9.17, 15) is 52.0 Å². The molecule has 0 fully saturated rings. The molecule has 0 aliphatic carbocycles. The van der Waals surface area contributed by atoms with Crippen molar-refractivity contribution in [2.24, 2.45) is 0 Å². The number of hydrogen-bond donors (Lipinski definition) is 0. The summed E-state index contributed by atoms with van der Waals surface area (Å²) in [6.07, 6.45) is -5.54. The standard InChI is InChI=1S/C8H10F8O5S2/c1-5(9,10)3-7(13,14)22(17,18)21-23(19,20)8(15,16)4-6(2,11)12/h3-4H2,1-2H3. The molecule has 0 bridgehead atoms. The zero-order valence-corrected chi connectivity index (χ0v) is 12.9. The SMILES string of the molecule is CC(F)(F)CC(F)(F)S(=O)(=O)OS(=O)(=O)C(F)(F)CC(C)(F)F. The van der Waals surface area contributed by atoms with Gasteiger partial charge in [0.05, 0.1) is 12.8 Å². The van der Waals surface area contributed by atoms with Gasteiger partial charge in [-0.1, -0.05) is 0 Å². The van der Waals surface area contributed by atoms with Crippen molar-refractivity contribution in [2.75, 3.05) is 0 Å². The summed E-state index contributed by atoms with van der Waals surface area (Å²) in [6, 6.07) is 0. The Morgan fingerprint density at radius 1 is 0.652 bits per heavy atom. The molecule has 23 heavy (non-hydrogen) atoms. The van der Waals surface area contributed by atoms with Gasteiger partial charge in [0.25, 0.3) is 11.8 Å². The van der Waals surface area contributed by atoms with Crippen LogP contribution in [0.1, 0.15) is 26.7 Å². The van der Waals surface area contributed by atoms with Crippen LogP contribution in [0.5, 0.6) is 0 Å². The molecule has 0 spiro atoms. The van der Waals surface area contributed by atoms with Crippen molar-refractivity contribution in [2.45, 2.75) is 49.0 Å². The second-order valence-electron chi connectivity index (χ2n) is 4.74. The van der Waals surface area contributed by atoms with Gasteiger partial charge in [-0.25, -0.2) is 17.6 Å². The maximum atomic E-state index is 13.1. The van der Waals surface area contributed by atoms with Crippen LogP contribution in [0, 0.1) is 0 Å². The Balaban J connectivity index is 5.61. The molecule has 0 N–H and O–H groups in total. The summed E-state index contributed by atoms with van der Waals surface area (Å²) in [5.41, 5.74) is 0. The lowest BCUT2D eigenvalue weighted by molar-refractivity contribution is -0.0631. The molecule has 0 saturated heterocycles. The Kier molecular flexibility index (Phi) is 5.80. The van der Waals surface area contributed by atoms with Gasteiger partial charge < -0.3 is 0 Å². The highest BCUT2D eigenvalue weighted by molar-refractivity contribution is 8.00. The highest BCUT2D eigenvalue weighted by Gasteiger charge is 2.59. The Hall–Kier alpha value is -0.700. The average molecular weight is 402 g/mol. The van der Waals surface area contributed by atoms with Gasteiger partial charge in [0.2, 0.25) is 0 Å². The van der Waals surface area contributed by atoms with E-state index in [1.165, 1.54) is 0 Å². The van der Waals surface area contributed by atoms with Crippen LogP contribution in [0.15, 0.2) is 0 Å². The topological polar surface area (TPSA) is 77.5 Å². The van der Waals surface area contributed by atoms with Crippen molar-refractivity contribution in [1.82, 2.24) is 0 Å². The summed E-state index contributed by atoms with van der Waals surface area (Å²) in [6.45, 7) is -0.311. The Morgan fingerprint density at radius 3 is 1.04 bits per heavy atom. The van der Waals surface area contributed by atoms with Gasteiger partial charge in [-0.2, -0.15) is 34.4 Å². The van der Waals surface area contributed by atoms with E-state index >= 15 is 0 Å². The molecule has 5 nitrogen and oxygen atoms in total. The zero-order chi connectivity index (χ0) is 19.1. The van der Waals surface area contributed by atoms with E-state index in [2.05, 4.69) is 3.63 Å². The second-order valence-corrected chi connectivity index (χ2v) is 8.30. The largest absolute Gasteiger partial charge is 0.376 e. The summed E-state index contributed by atoms with van der Waals surface area (Å²) in [5.74, 6) is -8.66. The van der Waals surface area contributed by atoms with E-state index < -0.39 is 55.4 Å². The molecule has 0 rings (SSSR count). The maximum absolute atomic E-state index is 13.1. The van der Waals surface area contributed by atoms with E-state index in [4.69, 9.17) is 0 Å². The minimum Gasteiger partial charge on any atom is -0.207 e. The Bertz CT molecular complexity index is 572. The predicted octanol–water partition coefficient (Wildman–Crippen LogP) is 2.94. The number of alkyl halides is 8. The summed E-state index contributed by atoms with van der Waals surface area (Å²) < 4.78 is 149. The summed E-state index contributed by atoms with van der Waals surface area (Å²) >= 11 is 0. The molecule has 0 aliphatic heterocycles. The van der Waals surface area contributed by atoms with E-state index in [0.717, 1.165) is 0 Å². The maximum Gasteiger partial charge on any atom is 0.376 e. The minimum absolute atomic E-state index is 0.156. The third kappa shape index (κ3) is 6.37. The van der Waals surface area contributed by atoms with Gasteiger partial charge in [-0.15, -0.1) is 3.63 Å². The summed E-state index contributed by atoms with van der Waals surface area (Å²) in [4.78, 5) is 0. The highest BCUT2D eigenvalue weighted by atomic mass is 32.3. The van der Waals surface area contributed by atoms with E-state index in [1.54, 1.807) is 0 Å². The molecule has 0 saturated carbocycles. The van der Waals surface area contributed by atoms with Gasteiger partial charge in [0.15, 0.2) is 0 Å². The lowest BCUT2D eigenvalue weighted by Crippen LogP contribution is -2.42. The van der Waals surface area contributed by atoms with Crippen LogP contribution in [0.25, 0.3) is 0 Å². The van der Waals surface area contributed by atoms with Gasteiger partial charge in [0, 0.05) is 0 Å². The van der Waals surface area contributed by atoms with E-state index in [-0.39, 0.29) is 13.8 Å². The normalized spacial score (nSPS) is 15.7. The third-order valence-corrected chi connectivity index (χ3v) is 5.13. The molecule has 0 aromatic carbocycles. The van der Waals surface area contributed by atoms with Gasteiger partial charge in [-0.05, 0) is 13.8 Å². The average Bonchev–Trinajstić information content (AvgIpc) is 2.05. The van der Waals surface area contributed by atoms with Crippen LogP contribution in [0.4, 0.5) is 35.1 Å². The number of rotatable bonds is 8. The van der Waals surface area contributed by atoms with Crippen molar-refractivity contribution < 1.29 is 55.6 Å². The summed E-state index contributed by atoms with van der Waals surface area (Å²) in [7, 11) is -13.6. The molecule has 0 aromatic rings. The Morgan fingerprint density at radius 2 is 0.870 bits per heavy atom. The van der Waals surface area contributed by atoms with Crippen molar-refractivity contribution in [3.63, 3.8) is 0 Å². The first-order valence-electron chi connectivity index (χ1n) is 5.33. The molecular formula is C8H10F8O5S2. The fraction of sp³-hybridized carbons (Fsp3) is 1.00. The molecule has 0 aliphatic rings. The quantitative estimate of drug-likeness (QED) is 0.584. The molecule has 0 heterocycles. The lowest BCUT2D eigenvalue weighted by atomic mass is 10.3. The molecule has 0 unspecified atom stereocenters. The number of halogens is 8. The van der Waals surface area contributed by atoms with Crippen LogP contribution < -0.4 is 0 Å². The van der Waals surface area contributed by atoms with Crippen molar-refractivity contribution >= 4 is 20.2 Å². The smallest absolute Gasteiger partial charge is 0.207 e. The molecule has 0 atom stereocenters.